The summed E-state index contributed by atoms with van der Waals surface area (Å²) in [6.07, 6.45) is 1.25. The Morgan fingerprint density at radius 1 is 1.28 bits per heavy atom. The highest BCUT2D eigenvalue weighted by Crippen LogP contribution is 2.38. The van der Waals surface area contributed by atoms with Crippen molar-refractivity contribution in [1.82, 2.24) is 5.32 Å². The van der Waals surface area contributed by atoms with Crippen LogP contribution in [0.3, 0.4) is 0 Å². The van der Waals surface area contributed by atoms with E-state index in [4.69, 9.17) is 5.11 Å². The molecule has 0 bridgehead atoms. The largest absolute Gasteiger partial charge is 0.480 e. The van der Waals surface area contributed by atoms with E-state index in [0.717, 1.165) is 11.1 Å². The minimum atomic E-state index is -1.03. The number of hydrogen-bond acceptors (Lipinski definition) is 3. The van der Waals surface area contributed by atoms with Crippen molar-refractivity contribution in [2.45, 2.75) is 12.8 Å². The third-order valence-corrected chi connectivity index (χ3v) is 3.97. The van der Waals surface area contributed by atoms with Crippen molar-refractivity contribution >= 4 is 24.5 Å². The molecule has 0 fully saturated rings. The third-order valence-electron chi connectivity index (χ3n) is 3.36. The quantitative estimate of drug-likeness (QED) is 0.709. The van der Waals surface area contributed by atoms with Crippen molar-refractivity contribution in [3.8, 4) is 0 Å². The molecule has 0 heterocycles. The minimum Gasteiger partial charge on any atom is -0.480 e. The predicted molar refractivity (Wildman–Crippen MR) is 70.8 cm³/mol. The second kappa shape index (κ2) is 5.02. The Morgan fingerprint density at radius 3 is 2.28 bits per heavy atom. The van der Waals surface area contributed by atoms with E-state index in [-0.39, 0.29) is 12.5 Å². The SMILES string of the molecule is O=C(O)CNC(=O)C1(CS)Cc2ccccc2C1. The van der Waals surface area contributed by atoms with Crippen LogP contribution in [0.25, 0.3) is 0 Å². The molecule has 2 rings (SSSR count). The fraction of sp³-hybridized carbons (Fsp3) is 0.385. The summed E-state index contributed by atoms with van der Waals surface area (Å²) in [6, 6.07) is 7.90. The Bertz CT molecular complexity index is 462. The smallest absolute Gasteiger partial charge is 0.322 e. The van der Waals surface area contributed by atoms with Crippen LogP contribution >= 0.6 is 12.6 Å². The van der Waals surface area contributed by atoms with Crippen LogP contribution < -0.4 is 5.32 Å². The second-order valence-electron chi connectivity index (χ2n) is 4.64. The topological polar surface area (TPSA) is 66.4 Å². The fourth-order valence-electron chi connectivity index (χ4n) is 2.38. The summed E-state index contributed by atoms with van der Waals surface area (Å²) in [5.41, 5.74) is 1.69. The molecule has 0 radical (unpaired) electrons. The van der Waals surface area contributed by atoms with Gasteiger partial charge in [-0.2, -0.15) is 12.6 Å². The summed E-state index contributed by atoms with van der Waals surface area (Å²) in [5.74, 6) is -0.850. The Kier molecular flexibility index (Phi) is 3.61. The Labute approximate surface area is 111 Å². The average molecular weight is 265 g/mol. The van der Waals surface area contributed by atoms with Crippen molar-refractivity contribution in [2.75, 3.05) is 12.3 Å². The lowest BCUT2D eigenvalue weighted by atomic mass is 9.86. The van der Waals surface area contributed by atoms with Crippen molar-refractivity contribution < 1.29 is 14.7 Å². The van der Waals surface area contributed by atoms with Crippen LogP contribution in [0.15, 0.2) is 24.3 Å². The molecule has 1 aromatic rings. The summed E-state index contributed by atoms with van der Waals surface area (Å²) in [4.78, 5) is 22.6. The second-order valence-corrected chi connectivity index (χ2v) is 4.95. The van der Waals surface area contributed by atoms with Gasteiger partial charge >= 0.3 is 5.97 Å². The molecule has 96 valence electrons. The molecule has 0 spiro atoms. The van der Waals surface area contributed by atoms with Gasteiger partial charge in [-0.05, 0) is 24.0 Å². The van der Waals surface area contributed by atoms with Crippen molar-refractivity contribution in [1.29, 1.82) is 0 Å². The first-order valence-electron chi connectivity index (χ1n) is 5.75. The molecular formula is C13H15NO3S. The first kappa shape index (κ1) is 13.0. The van der Waals surface area contributed by atoms with Crippen LogP contribution in [0, 0.1) is 5.41 Å². The van der Waals surface area contributed by atoms with Gasteiger partial charge in [-0.15, -0.1) is 0 Å². The highest BCUT2D eigenvalue weighted by Gasteiger charge is 2.42. The molecule has 0 saturated heterocycles. The fourth-order valence-corrected chi connectivity index (χ4v) is 2.75. The predicted octanol–water partition coefficient (Wildman–Crippen LogP) is 0.902. The van der Waals surface area contributed by atoms with Gasteiger partial charge in [0.1, 0.15) is 6.54 Å². The normalized spacial score (nSPS) is 16.1. The Balaban J connectivity index is 2.15. The average Bonchev–Trinajstić information content (AvgIpc) is 2.75. The molecule has 1 amide bonds. The van der Waals surface area contributed by atoms with Gasteiger partial charge in [0.15, 0.2) is 0 Å². The lowest BCUT2D eigenvalue weighted by Gasteiger charge is -2.25. The van der Waals surface area contributed by atoms with E-state index in [1.54, 1.807) is 0 Å². The van der Waals surface area contributed by atoms with Gasteiger partial charge < -0.3 is 10.4 Å². The summed E-state index contributed by atoms with van der Waals surface area (Å²) in [7, 11) is 0. The molecule has 18 heavy (non-hydrogen) atoms. The number of aliphatic carboxylic acids is 1. The van der Waals surface area contributed by atoms with Gasteiger partial charge in [-0.1, -0.05) is 24.3 Å². The minimum absolute atomic E-state index is 0.226. The van der Waals surface area contributed by atoms with E-state index >= 15 is 0 Å². The van der Waals surface area contributed by atoms with E-state index in [2.05, 4.69) is 17.9 Å². The maximum absolute atomic E-state index is 12.1. The maximum atomic E-state index is 12.1. The molecule has 1 aliphatic carbocycles. The van der Waals surface area contributed by atoms with Gasteiger partial charge in [0.2, 0.25) is 5.91 Å². The van der Waals surface area contributed by atoms with Crippen LogP contribution in [-0.4, -0.2) is 29.3 Å². The zero-order valence-corrected chi connectivity index (χ0v) is 10.7. The van der Waals surface area contributed by atoms with E-state index < -0.39 is 11.4 Å². The molecular weight excluding hydrogens is 250 g/mol. The summed E-state index contributed by atoms with van der Waals surface area (Å²) in [5, 5.41) is 11.1. The van der Waals surface area contributed by atoms with E-state index in [9.17, 15) is 9.59 Å². The van der Waals surface area contributed by atoms with E-state index in [0.29, 0.717) is 18.6 Å². The van der Waals surface area contributed by atoms with Crippen LogP contribution in [-0.2, 0) is 22.4 Å². The number of nitrogens with one attached hydrogen (secondary N) is 1. The number of thiol groups is 1. The monoisotopic (exact) mass is 265 g/mol. The number of carbonyl (C=O) groups excluding carboxylic acids is 1. The molecule has 1 aromatic carbocycles. The third kappa shape index (κ3) is 2.36. The molecule has 4 nitrogen and oxygen atoms in total. The number of amides is 1. The number of carbonyl (C=O) groups is 2. The first-order valence-corrected chi connectivity index (χ1v) is 6.38. The van der Waals surface area contributed by atoms with Gasteiger partial charge in [0, 0.05) is 5.75 Å². The molecule has 0 saturated carbocycles. The van der Waals surface area contributed by atoms with E-state index in [1.807, 2.05) is 24.3 Å². The van der Waals surface area contributed by atoms with Crippen molar-refractivity contribution in [3.63, 3.8) is 0 Å². The maximum Gasteiger partial charge on any atom is 0.322 e. The summed E-state index contributed by atoms with van der Waals surface area (Å²) >= 11 is 4.28. The lowest BCUT2D eigenvalue weighted by Crippen LogP contribution is -2.44. The number of benzene rings is 1. The van der Waals surface area contributed by atoms with Gasteiger partial charge in [-0.3, -0.25) is 9.59 Å². The molecule has 0 aromatic heterocycles. The van der Waals surface area contributed by atoms with Crippen molar-refractivity contribution in [3.05, 3.63) is 35.4 Å². The van der Waals surface area contributed by atoms with Gasteiger partial charge in [0.05, 0.1) is 5.41 Å². The van der Waals surface area contributed by atoms with Crippen LogP contribution in [0.4, 0.5) is 0 Å². The van der Waals surface area contributed by atoms with Gasteiger partial charge in [0.25, 0.3) is 0 Å². The Morgan fingerprint density at radius 2 is 1.83 bits per heavy atom. The standard InChI is InChI=1S/C13H15NO3S/c15-11(16)7-14-12(17)13(8-18)5-9-3-1-2-4-10(9)6-13/h1-4,18H,5-8H2,(H,14,17)(H,15,16). The molecule has 0 atom stereocenters. The molecule has 2 N–H and O–H groups in total. The molecule has 0 aliphatic heterocycles. The number of carboxylic acids is 1. The molecule has 0 unspecified atom stereocenters. The number of hydrogen-bond donors (Lipinski definition) is 3. The highest BCUT2D eigenvalue weighted by atomic mass is 32.1. The zero-order valence-electron chi connectivity index (χ0n) is 9.85. The highest BCUT2D eigenvalue weighted by molar-refractivity contribution is 7.80. The number of fused-ring (bicyclic) bond motifs is 1. The van der Waals surface area contributed by atoms with Crippen LogP contribution in [0.2, 0.25) is 0 Å². The van der Waals surface area contributed by atoms with E-state index in [1.165, 1.54) is 0 Å². The number of carboxylic acid groups (broad SMARTS) is 1. The van der Waals surface area contributed by atoms with Crippen LogP contribution in [0.5, 0.6) is 0 Å². The van der Waals surface area contributed by atoms with Crippen molar-refractivity contribution in [2.24, 2.45) is 5.41 Å². The summed E-state index contributed by atoms with van der Waals surface area (Å²) in [6.45, 7) is -0.343. The number of rotatable bonds is 4. The van der Waals surface area contributed by atoms with Gasteiger partial charge in [-0.25, -0.2) is 0 Å². The Hall–Kier alpha value is -1.49. The lowest BCUT2D eigenvalue weighted by molar-refractivity contribution is -0.139. The van der Waals surface area contributed by atoms with Crippen LogP contribution in [0.1, 0.15) is 11.1 Å². The molecule has 5 heteroatoms. The molecule has 1 aliphatic rings. The first-order chi connectivity index (χ1) is 8.57. The zero-order chi connectivity index (χ0) is 13.2. The summed E-state index contributed by atoms with van der Waals surface area (Å²) < 4.78 is 0.